The average Bonchev–Trinajstić information content (AvgIpc) is 3.36. The molecule has 3 aromatic rings. The number of nitrogens with one attached hydrogen (secondary N) is 4. The van der Waals surface area contributed by atoms with Gasteiger partial charge in [-0.3, -0.25) is 14.3 Å². The predicted octanol–water partition coefficient (Wildman–Crippen LogP) is 4.72. The van der Waals surface area contributed by atoms with E-state index in [0.717, 1.165) is 12.8 Å². The second-order valence-electron chi connectivity index (χ2n) is 9.81. The number of aryl methyl sites for hydroxylation is 1. The van der Waals surface area contributed by atoms with Gasteiger partial charge in [-0.1, -0.05) is 28.4 Å². The van der Waals surface area contributed by atoms with E-state index in [-0.39, 0.29) is 27.6 Å². The van der Waals surface area contributed by atoms with Crippen LogP contribution in [-0.4, -0.2) is 51.9 Å². The lowest BCUT2D eigenvalue weighted by Gasteiger charge is -2.36. The minimum atomic E-state index is -0.679. The fourth-order valence-corrected chi connectivity index (χ4v) is 4.52. The lowest BCUT2D eigenvalue weighted by Crippen LogP contribution is -2.49. The highest BCUT2D eigenvalue weighted by atomic mass is 35.5. The number of carbonyl (C=O) groups is 2. The Morgan fingerprint density at radius 2 is 1.97 bits per heavy atom. The molecule has 1 saturated heterocycles. The van der Waals surface area contributed by atoms with Crippen molar-refractivity contribution in [2.75, 3.05) is 23.3 Å². The zero-order valence-electron chi connectivity index (χ0n) is 20.8. The number of aromatic nitrogens is 3. The van der Waals surface area contributed by atoms with Crippen molar-refractivity contribution in [2.24, 2.45) is 0 Å². The number of alkyl carbamates (subject to hydrolysis) is 1. The minimum Gasteiger partial charge on any atom is -0.444 e. The molecular formula is C24H28Cl2N6O5. The highest BCUT2D eigenvalue weighted by molar-refractivity contribution is 6.44. The number of hydrogen-bond acceptors (Lipinski definition) is 7. The number of nitrogens with zero attached hydrogens (tertiary/aromatic N) is 2. The summed E-state index contributed by atoms with van der Waals surface area (Å²) in [6, 6.07) is 5.00. The minimum absolute atomic E-state index is 0.134. The number of piperidine rings is 1. The fraction of sp³-hybridized carbons (Fsp3) is 0.417. The molecule has 1 fully saturated rings. The van der Waals surface area contributed by atoms with Crippen molar-refractivity contribution in [2.45, 2.75) is 52.2 Å². The number of anilines is 2. The first-order valence-electron chi connectivity index (χ1n) is 11.7. The van der Waals surface area contributed by atoms with E-state index < -0.39 is 23.4 Å². The van der Waals surface area contributed by atoms with Gasteiger partial charge >= 0.3 is 11.8 Å². The molecule has 2 aromatic heterocycles. The number of H-pyrrole nitrogens is 2. The summed E-state index contributed by atoms with van der Waals surface area (Å²) in [4.78, 5) is 44.4. The Hall–Kier alpha value is -3.44. The van der Waals surface area contributed by atoms with E-state index in [2.05, 4.69) is 30.3 Å². The van der Waals surface area contributed by atoms with Crippen LogP contribution in [0.5, 0.6) is 0 Å². The van der Waals surface area contributed by atoms with Gasteiger partial charge in [0.25, 0.3) is 5.91 Å². The summed E-state index contributed by atoms with van der Waals surface area (Å²) in [6.45, 7) is 8.27. The summed E-state index contributed by atoms with van der Waals surface area (Å²) in [6.07, 6.45) is 1.06. The molecule has 11 nitrogen and oxygen atoms in total. The normalized spacial score (nSPS) is 15.9. The Balaban J connectivity index is 1.63. The van der Waals surface area contributed by atoms with Crippen LogP contribution in [0.4, 0.5) is 16.2 Å². The van der Waals surface area contributed by atoms with E-state index in [9.17, 15) is 14.4 Å². The largest absolute Gasteiger partial charge is 0.444 e. The van der Waals surface area contributed by atoms with E-state index >= 15 is 0 Å². The van der Waals surface area contributed by atoms with E-state index in [1.165, 1.54) is 0 Å². The number of carbonyl (C=O) groups excluding carboxylic acids is 2. The summed E-state index contributed by atoms with van der Waals surface area (Å²) >= 11 is 12.4. The van der Waals surface area contributed by atoms with Gasteiger partial charge in [-0.15, -0.1) is 0 Å². The van der Waals surface area contributed by atoms with Crippen molar-refractivity contribution >= 4 is 46.6 Å². The van der Waals surface area contributed by atoms with Gasteiger partial charge < -0.3 is 25.3 Å². The average molecular weight is 551 g/mol. The van der Waals surface area contributed by atoms with Crippen molar-refractivity contribution in [1.82, 2.24) is 20.4 Å². The fourth-order valence-electron chi connectivity index (χ4n) is 4.10. The van der Waals surface area contributed by atoms with Crippen molar-refractivity contribution in [1.29, 1.82) is 0 Å². The van der Waals surface area contributed by atoms with E-state index in [0.29, 0.717) is 35.7 Å². The van der Waals surface area contributed by atoms with Gasteiger partial charge in [0, 0.05) is 30.4 Å². The first-order chi connectivity index (χ1) is 17.4. The first kappa shape index (κ1) is 26.6. The highest BCUT2D eigenvalue weighted by Crippen LogP contribution is 2.34. The number of aromatic amines is 2. The maximum absolute atomic E-state index is 13.1. The molecule has 13 heteroatoms. The van der Waals surface area contributed by atoms with Crippen LogP contribution in [0.2, 0.25) is 10.0 Å². The molecule has 37 heavy (non-hydrogen) atoms. The zero-order valence-corrected chi connectivity index (χ0v) is 22.3. The standard InChI is InChI=1S/C24H28Cl2N6O5/c1-12-17(25)18(26)19(27-12)21(33)29-15-8-7-13(20-30-23(35)37-31-20)10-16(15)32-9-5-6-14(11-32)28-22(34)36-24(2,3)4/h7-8,10,14,27H,5-6,9,11H2,1-4H3,(H,28,34)(H,29,33)(H,30,31,35). The Morgan fingerprint density at radius 3 is 2.59 bits per heavy atom. The maximum Gasteiger partial charge on any atom is 0.439 e. The Morgan fingerprint density at radius 1 is 1.22 bits per heavy atom. The lowest BCUT2D eigenvalue weighted by atomic mass is 10.0. The molecule has 2 amide bonds. The summed E-state index contributed by atoms with van der Waals surface area (Å²) in [5.74, 6) is -0.897. The molecule has 0 spiro atoms. The van der Waals surface area contributed by atoms with Crippen LogP contribution in [-0.2, 0) is 4.74 Å². The number of amides is 2. The van der Waals surface area contributed by atoms with E-state index in [1.54, 1.807) is 45.9 Å². The van der Waals surface area contributed by atoms with Gasteiger partial charge in [-0.2, -0.15) is 0 Å². The third kappa shape index (κ3) is 6.28. The van der Waals surface area contributed by atoms with Crippen LogP contribution in [0.15, 0.2) is 27.5 Å². The monoisotopic (exact) mass is 550 g/mol. The van der Waals surface area contributed by atoms with Crippen LogP contribution in [0.1, 0.15) is 49.8 Å². The molecular weight excluding hydrogens is 523 g/mol. The quantitative estimate of drug-likeness (QED) is 0.359. The summed E-state index contributed by atoms with van der Waals surface area (Å²) < 4.78 is 10.1. The first-order valence-corrected chi connectivity index (χ1v) is 12.5. The van der Waals surface area contributed by atoms with Crippen LogP contribution >= 0.6 is 23.2 Å². The molecule has 1 aliphatic rings. The lowest BCUT2D eigenvalue weighted by molar-refractivity contribution is 0.0500. The number of benzene rings is 1. The molecule has 0 radical (unpaired) electrons. The summed E-state index contributed by atoms with van der Waals surface area (Å²) in [5.41, 5.74) is 1.85. The van der Waals surface area contributed by atoms with Crippen molar-refractivity contribution < 1.29 is 18.8 Å². The maximum atomic E-state index is 13.1. The van der Waals surface area contributed by atoms with Gasteiger partial charge in [-0.05, 0) is 58.7 Å². The van der Waals surface area contributed by atoms with Gasteiger partial charge in [0.05, 0.1) is 21.4 Å². The number of rotatable bonds is 5. The second-order valence-corrected chi connectivity index (χ2v) is 10.6. The Labute approximate surface area is 222 Å². The predicted molar refractivity (Wildman–Crippen MR) is 141 cm³/mol. The van der Waals surface area contributed by atoms with Gasteiger partial charge in [-0.25, -0.2) is 9.59 Å². The molecule has 1 aliphatic heterocycles. The molecule has 4 N–H and O–H groups in total. The van der Waals surface area contributed by atoms with Crippen LogP contribution in [0.25, 0.3) is 11.4 Å². The molecule has 1 aromatic carbocycles. The molecule has 1 unspecified atom stereocenters. The summed E-state index contributed by atoms with van der Waals surface area (Å²) in [7, 11) is 0. The van der Waals surface area contributed by atoms with Crippen molar-refractivity contribution in [3.63, 3.8) is 0 Å². The smallest absolute Gasteiger partial charge is 0.439 e. The molecule has 0 saturated carbocycles. The third-order valence-corrected chi connectivity index (χ3v) is 6.67. The zero-order chi connectivity index (χ0) is 26.9. The van der Waals surface area contributed by atoms with Crippen molar-refractivity contribution in [3.8, 4) is 11.4 Å². The highest BCUT2D eigenvalue weighted by Gasteiger charge is 2.27. The van der Waals surface area contributed by atoms with Crippen molar-refractivity contribution in [3.05, 3.63) is 50.2 Å². The topological polar surface area (TPSA) is 145 Å². The Bertz CT molecular complexity index is 1370. The molecule has 0 bridgehead atoms. The molecule has 3 heterocycles. The molecule has 4 rings (SSSR count). The SMILES string of the molecule is Cc1[nH]c(C(=O)Nc2ccc(-c3noc(=O)[nH]3)cc2N2CCCC(NC(=O)OC(C)(C)C)C2)c(Cl)c1Cl. The molecule has 0 aliphatic carbocycles. The molecule has 1 atom stereocenters. The van der Waals surface area contributed by atoms with Crippen LogP contribution < -0.4 is 21.3 Å². The Kier molecular flexibility index (Phi) is 7.56. The van der Waals surface area contributed by atoms with Crippen LogP contribution in [0.3, 0.4) is 0 Å². The van der Waals surface area contributed by atoms with E-state index in [4.69, 9.17) is 27.9 Å². The second kappa shape index (κ2) is 10.5. The summed E-state index contributed by atoms with van der Waals surface area (Å²) in [5, 5.41) is 10.00. The van der Waals surface area contributed by atoms with Gasteiger partial charge in [0.15, 0.2) is 5.82 Å². The van der Waals surface area contributed by atoms with Crippen LogP contribution in [0, 0.1) is 6.92 Å². The van der Waals surface area contributed by atoms with Gasteiger partial charge in [0.1, 0.15) is 11.3 Å². The third-order valence-electron chi connectivity index (χ3n) is 5.72. The van der Waals surface area contributed by atoms with Gasteiger partial charge in [0.2, 0.25) is 0 Å². The number of hydrogen-bond donors (Lipinski definition) is 4. The number of halogens is 2. The molecule has 198 valence electrons. The van der Waals surface area contributed by atoms with E-state index in [1.807, 2.05) is 4.90 Å². The number of ether oxygens (including phenoxy) is 1.